The maximum Gasteiger partial charge on any atom is 0 e. The maximum absolute atomic E-state index is 3.05. The zero-order valence-corrected chi connectivity index (χ0v) is 20.2. The van der Waals surface area contributed by atoms with Crippen molar-refractivity contribution >= 4 is 0 Å². The quantitative estimate of drug-likeness (QED) is 0.456. The molecule has 0 saturated heterocycles. The minimum Gasteiger partial charge on any atom is -0.358 e. The van der Waals surface area contributed by atoms with Gasteiger partial charge in [0.05, 0.1) is 0 Å². The zero-order valence-electron chi connectivity index (χ0n) is 14.5. The molecule has 0 saturated carbocycles. The summed E-state index contributed by atoms with van der Waals surface area (Å²) in [5.41, 5.74) is 5.35. The summed E-state index contributed by atoms with van der Waals surface area (Å²) in [6.45, 7) is 0. The first kappa shape index (κ1) is 26.1. The Balaban J connectivity index is 0. The summed E-state index contributed by atoms with van der Waals surface area (Å²) in [4.78, 5) is 0. The Kier molecular flexibility index (Phi) is 15.3. The largest absolute Gasteiger partial charge is 0.358 e. The van der Waals surface area contributed by atoms with Crippen LogP contribution in [0.5, 0.6) is 0 Å². The first-order valence-electron chi connectivity index (χ1n) is 6.88. The monoisotopic (exact) mass is 464 g/mol. The normalized spacial score (nSPS) is 8.67. The molecule has 2 heteroatoms. The smallest absolute Gasteiger partial charge is 0 e. The molecule has 0 nitrogen and oxygen atoms in total. The van der Waals surface area contributed by atoms with Crippen LogP contribution in [0.3, 0.4) is 0 Å². The van der Waals surface area contributed by atoms with Crippen molar-refractivity contribution in [2.24, 2.45) is 0 Å². The average molecular weight is 464 g/mol. The van der Waals surface area contributed by atoms with Crippen LogP contribution < -0.4 is 0 Å². The van der Waals surface area contributed by atoms with Gasteiger partial charge in [0.25, 0.3) is 0 Å². The summed E-state index contributed by atoms with van der Waals surface area (Å²) in [6.07, 6.45) is 1.96. The molecule has 0 aliphatic carbocycles. The second kappa shape index (κ2) is 14.1. The fourth-order valence-electron chi connectivity index (χ4n) is 2.32. The molecule has 0 aliphatic rings. The van der Waals surface area contributed by atoms with Crippen LogP contribution in [0.15, 0.2) is 72.8 Å². The summed E-state index contributed by atoms with van der Waals surface area (Å²) in [7, 11) is 0. The molecule has 2 radical (unpaired) electrons. The van der Waals surface area contributed by atoms with E-state index in [-0.39, 0.29) is 80.3 Å². The molecule has 0 aromatic heterocycles. The maximum atomic E-state index is 3.05. The van der Waals surface area contributed by atoms with E-state index in [2.05, 4.69) is 60.7 Å². The molecule has 3 aromatic carbocycles. The van der Waals surface area contributed by atoms with Crippen molar-refractivity contribution in [2.75, 3.05) is 0 Å². The molecule has 0 aliphatic heterocycles. The topological polar surface area (TPSA) is 0 Å². The Morgan fingerprint density at radius 2 is 0.708 bits per heavy atom. The Labute approximate surface area is 198 Å². The van der Waals surface area contributed by atoms with Gasteiger partial charge in [0.15, 0.2) is 0 Å². The van der Waals surface area contributed by atoms with Crippen LogP contribution in [0, 0.1) is 27.0 Å². The number of benzene rings is 3. The van der Waals surface area contributed by atoms with E-state index in [1.807, 2.05) is 24.3 Å². The van der Waals surface area contributed by atoms with Gasteiger partial charge in [-0.25, -0.2) is 0 Å². The van der Waals surface area contributed by atoms with Gasteiger partial charge in [-0.05, 0) is 24.0 Å². The zero-order chi connectivity index (χ0) is 13.6. The summed E-state index contributed by atoms with van der Waals surface area (Å²) < 4.78 is 0. The minimum atomic E-state index is 0. The molecule has 0 heterocycles. The standard InChI is InChI=1S/C20H16.2CH3.2Y/c1-3-7-17(8-4-1)15-19-11-13-20(14-12-19)16-18-9-5-2-6-10-18;;;;/h3-14H,15-16H2;2*1H3;;/q-2;2*-1;;. The number of hydrogen-bond donors (Lipinski definition) is 0. The first-order chi connectivity index (χ1) is 9.90. The van der Waals surface area contributed by atoms with Crippen LogP contribution in [0.2, 0.25) is 0 Å². The van der Waals surface area contributed by atoms with Gasteiger partial charge in [-0.15, -0.1) is 0 Å². The number of rotatable bonds is 4. The van der Waals surface area contributed by atoms with Gasteiger partial charge >= 0.3 is 0 Å². The van der Waals surface area contributed by atoms with Crippen LogP contribution in [0.4, 0.5) is 0 Å². The predicted octanol–water partition coefficient (Wildman–Crippen LogP) is 5.36. The fraction of sp³-hybridized carbons (Fsp3) is 0.0909. The Morgan fingerprint density at radius 3 is 1.00 bits per heavy atom. The van der Waals surface area contributed by atoms with E-state index < -0.39 is 0 Å². The SMILES string of the molecule is [CH3-].[CH3-].[Y].[Y].[c-]1ccc(Cc2ccc(Cc3cc[c-]cc3)cc2)cc1. The molecule has 0 bridgehead atoms. The van der Waals surface area contributed by atoms with E-state index in [0.717, 1.165) is 12.8 Å². The van der Waals surface area contributed by atoms with Crippen LogP contribution in [-0.4, -0.2) is 0 Å². The molecule has 0 spiro atoms. The molecule has 0 atom stereocenters. The molecule has 3 rings (SSSR count). The average Bonchev–Trinajstić information content (AvgIpc) is 2.51. The van der Waals surface area contributed by atoms with Crippen molar-refractivity contribution in [3.63, 3.8) is 0 Å². The third-order valence-corrected chi connectivity index (χ3v) is 3.41. The van der Waals surface area contributed by atoms with Crippen LogP contribution >= 0.6 is 0 Å². The summed E-state index contributed by atoms with van der Waals surface area (Å²) in [5, 5.41) is 0. The van der Waals surface area contributed by atoms with Gasteiger partial charge in [0.2, 0.25) is 0 Å². The van der Waals surface area contributed by atoms with E-state index in [0.29, 0.717) is 0 Å². The van der Waals surface area contributed by atoms with Crippen molar-refractivity contribution in [2.45, 2.75) is 12.8 Å². The van der Waals surface area contributed by atoms with Crippen LogP contribution in [0.1, 0.15) is 22.3 Å². The molecule has 0 amide bonds. The van der Waals surface area contributed by atoms with Crippen molar-refractivity contribution in [3.05, 3.63) is 122 Å². The van der Waals surface area contributed by atoms with Gasteiger partial charge in [0, 0.05) is 65.4 Å². The van der Waals surface area contributed by atoms with Crippen molar-refractivity contribution in [1.82, 2.24) is 0 Å². The van der Waals surface area contributed by atoms with Gasteiger partial charge in [-0.1, -0.05) is 24.3 Å². The van der Waals surface area contributed by atoms with Crippen LogP contribution in [0.25, 0.3) is 0 Å². The first-order valence-corrected chi connectivity index (χ1v) is 6.88. The molecule has 0 fully saturated rings. The Bertz CT molecular complexity index is 586. The van der Waals surface area contributed by atoms with E-state index in [1.54, 1.807) is 0 Å². The van der Waals surface area contributed by atoms with Gasteiger partial charge in [0.1, 0.15) is 0 Å². The summed E-state index contributed by atoms with van der Waals surface area (Å²) in [6, 6.07) is 31.3. The van der Waals surface area contributed by atoms with E-state index in [1.165, 1.54) is 22.3 Å². The third-order valence-electron chi connectivity index (χ3n) is 3.41. The van der Waals surface area contributed by atoms with Crippen molar-refractivity contribution in [3.8, 4) is 0 Å². The second-order valence-corrected chi connectivity index (χ2v) is 4.99. The molecule has 0 unspecified atom stereocenters. The molecule has 0 N–H and O–H groups in total. The Morgan fingerprint density at radius 1 is 0.458 bits per heavy atom. The molecular weight excluding hydrogens is 442 g/mol. The van der Waals surface area contributed by atoms with E-state index >= 15 is 0 Å². The molecule has 3 aromatic rings. The summed E-state index contributed by atoms with van der Waals surface area (Å²) >= 11 is 0. The second-order valence-electron chi connectivity index (χ2n) is 4.99. The minimum absolute atomic E-state index is 0. The van der Waals surface area contributed by atoms with E-state index in [4.69, 9.17) is 0 Å². The van der Waals surface area contributed by atoms with E-state index in [9.17, 15) is 0 Å². The van der Waals surface area contributed by atoms with Crippen molar-refractivity contribution in [1.29, 1.82) is 0 Å². The van der Waals surface area contributed by atoms with Gasteiger partial charge in [-0.2, -0.15) is 71.8 Å². The summed E-state index contributed by atoms with van der Waals surface area (Å²) in [5.74, 6) is 0. The Hall–Kier alpha value is -0.132. The molecule has 24 heavy (non-hydrogen) atoms. The predicted molar refractivity (Wildman–Crippen MR) is 95.4 cm³/mol. The molecular formula is C22H22Y2-4. The van der Waals surface area contributed by atoms with Gasteiger partial charge < -0.3 is 14.9 Å². The third kappa shape index (κ3) is 8.30. The number of hydrogen-bond acceptors (Lipinski definition) is 0. The fourth-order valence-corrected chi connectivity index (χ4v) is 2.32. The van der Waals surface area contributed by atoms with Crippen LogP contribution in [-0.2, 0) is 78.3 Å². The molecule has 120 valence electrons. The van der Waals surface area contributed by atoms with Crippen molar-refractivity contribution < 1.29 is 65.4 Å². The van der Waals surface area contributed by atoms with Gasteiger partial charge in [-0.3, -0.25) is 0 Å².